The fourth-order valence-corrected chi connectivity index (χ4v) is 3.05. The molecule has 0 aliphatic rings. The second kappa shape index (κ2) is 7.12. The van der Waals surface area contributed by atoms with E-state index in [1.54, 1.807) is 61.5 Å². The van der Waals surface area contributed by atoms with Crippen LogP contribution >= 0.6 is 0 Å². The molecule has 0 amide bonds. The first-order valence-corrected chi connectivity index (χ1v) is 8.21. The van der Waals surface area contributed by atoms with Crippen molar-refractivity contribution in [2.45, 2.75) is 19.1 Å². The van der Waals surface area contributed by atoms with Crippen LogP contribution in [0.4, 0.5) is 13.2 Å². The highest BCUT2D eigenvalue weighted by molar-refractivity contribution is 5.63. The zero-order chi connectivity index (χ0) is 19.6. The summed E-state index contributed by atoms with van der Waals surface area (Å²) in [5.74, 6) is 0. The van der Waals surface area contributed by atoms with Gasteiger partial charge in [0.2, 0.25) is 0 Å². The molecule has 0 N–H and O–H groups in total. The molecule has 3 nitrogen and oxygen atoms in total. The van der Waals surface area contributed by atoms with Crippen LogP contribution in [0, 0.1) is 11.3 Å². The second-order valence-corrected chi connectivity index (χ2v) is 6.06. The summed E-state index contributed by atoms with van der Waals surface area (Å²) in [6.45, 7) is 1.72. The zero-order valence-electron chi connectivity index (χ0n) is 14.4. The van der Waals surface area contributed by atoms with Gasteiger partial charge in [-0.25, -0.2) is 0 Å². The highest BCUT2D eigenvalue weighted by Crippen LogP contribution is 2.35. The van der Waals surface area contributed by atoms with E-state index in [4.69, 9.17) is 0 Å². The van der Waals surface area contributed by atoms with E-state index in [9.17, 15) is 23.2 Å². The molecule has 1 heterocycles. The van der Waals surface area contributed by atoms with Gasteiger partial charge in [-0.3, -0.25) is 9.36 Å². The van der Waals surface area contributed by atoms with Crippen molar-refractivity contribution in [3.63, 3.8) is 0 Å². The van der Waals surface area contributed by atoms with E-state index in [2.05, 4.69) is 0 Å². The molecule has 0 aliphatic carbocycles. The third kappa shape index (κ3) is 3.49. The Balaban J connectivity index is 2.38. The smallest absolute Gasteiger partial charge is 0.300 e. The summed E-state index contributed by atoms with van der Waals surface area (Å²) in [5.41, 5.74) is -1.74. The quantitative estimate of drug-likeness (QED) is 0.652. The maximum absolute atomic E-state index is 13.5. The molecule has 3 rings (SSSR count). The van der Waals surface area contributed by atoms with Gasteiger partial charge in [-0.15, -0.1) is 0 Å². The van der Waals surface area contributed by atoms with Gasteiger partial charge in [-0.1, -0.05) is 60.7 Å². The Kier molecular flexibility index (Phi) is 4.87. The molecule has 1 atom stereocenters. The van der Waals surface area contributed by atoms with Gasteiger partial charge in [-0.2, -0.15) is 18.4 Å². The molecule has 136 valence electrons. The average Bonchev–Trinajstić information content (AvgIpc) is 2.67. The number of nitrogens with zero attached hydrogens (tertiary/aromatic N) is 2. The molecule has 2 aromatic carbocycles. The molecule has 0 spiro atoms. The number of rotatable bonds is 3. The van der Waals surface area contributed by atoms with Crippen LogP contribution in [0.5, 0.6) is 0 Å². The fraction of sp³-hybridized carbons (Fsp3) is 0.143. The summed E-state index contributed by atoms with van der Waals surface area (Å²) in [6, 6.07) is 19.1. The second-order valence-electron chi connectivity index (χ2n) is 6.06. The molecule has 6 heteroatoms. The lowest BCUT2D eigenvalue weighted by Gasteiger charge is -2.23. The van der Waals surface area contributed by atoms with Gasteiger partial charge in [0.05, 0.1) is 17.3 Å². The van der Waals surface area contributed by atoms with Gasteiger partial charge in [0.1, 0.15) is 11.6 Å². The number of hydrogen-bond acceptors (Lipinski definition) is 2. The van der Waals surface area contributed by atoms with Crippen molar-refractivity contribution in [1.29, 1.82) is 5.26 Å². The first kappa shape index (κ1) is 18.5. The predicted octanol–water partition coefficient (Wildman–Crippen LogP) is 5.02. The summed E-state index contributed by atoms with van der Waals surface area (Å²) in [6.07, 6.45) is -4.80. The van der Waals surface area contributed by atoms with Crippen LogP contribution in [0.1, 0.15) is 29.7 Å². The first-order valence-electron chi connectivity index (χ1n) is 8.21. The van der Waals surface area contributed by atoms with Crippen LogP contribution < -0.4 is 5.56 Å². The summed E-state index contributed by atoms with van der Waals surface area (Å²) in [7, 11) is 0. The third-order valence-electron chi connectivity index (χ3n) is 4.40. The molecular weight excluding hydrogens is 353 g/mol. The van der Waals surface area contributed by atoms with Gasteiger partial charge < -0.3 is 0 Å². The fourth-order valence-electron chi connectivity index (χ4n) is 3.05. The van der Waals surface area contributed by atoms with Crippen LogP contribution in [0.2, 0.25) is 0 Å². The Hall–Kier alpha value is -3.33. The molecule has 1 aromatic heterocycles. The van der Waals surface area contributed by atoms with Gasteiger partial charge in [-0.05, 0) is 24.1 Å². The van der Waals surface area contributed by atoms with Gasteiger partial charge in [0, 0.05) is 0 Å². The van der Waals surface area contributed by atoms with E-state index in [1.807, 2.05) is 6.07 Å². The Morgan fingerprint density at radius 1 is 1.00 bits per heavy atom. The van der Waals surface area contributed by atoms with E-state index in [-0.39, 0.29) is 5.69 Å². The first-order chi connectivity index (χ1) is 12.8. The van der Waals surface area contributed by atoms with Gasteiger partial charge >= 0.3 is 6.18 Å². The lowest BCUT2D eigenvalue weighted by Crippen LogP contribution is -2.30. The molecule has 27 heavy (non-hydrogen) atoms. The average molecular weight is 368 g/mol. The standard InChI is InChI=1S/C21H15F3N2O/c1-14(15-8-4-2-5-9-15)26-19(16-10-6-3-7-11-16)12-18(21(22,23)24)17(13-25)20(26)27/h2-12,14H,1H3. The third-order valence-corrected chi connectivity index (χ3v) is 4.40. The zero-order valence-corrected chi connectivity index (χ0v) is 14.4. The normalized spacial score (nSPS) is 12.4. The number of hydrogen-bond donors (Lipinski definition) is 0. The number of alkyl halides is 3. The number of aromatic nitrogens is 1. The Morgan fingerprint density at radius 3 is 2.07 bits per heavy atom. The number of pyridine rings is 1. The van der Waals surface area contributed by atoms with Crippen LogP contribution in [0.3, 0.4) is 0 Å². The minimum absolute atomic E-state index is 0.114. The van der Waals surface area contributed by atoms with Crippen LogP contribution in [0.15, 0.2) is 71.5 Å². The van der Waals surface area contributed by atoms with Crippen molar-refractivity contribution in [2.24, 2.45) is 0 Å². The van der Waals surface area contributed by atoms with Crippen LogP contribution in [-0.4, -0.2) is 4.57 Å². The minimum Gasteiger partial charge on any atom is -0.300 e. The maximum atomic E-state index is 13.5. The van der Waals surface area contributed by atoms with E-state index in [0.29, 0.717) is 5.56 Å². The molecule has 0 saturated carbocycles. The molecule has 0 bridgehead atoms. The highest BCUT2D eigenvalue weighted by atomic mass is 19.4. The van der Waals surface area contributed by atoms with E-state index in [0.717, 1.165) is 11.6 Å². The molecule has 0 saturated heterocycles. The van der Waals surface area contributed by atoms with Crippen molar-refractivity contribution in [2.75, 3.05) is 0 Å². The molecule has 0 aliphatic heterocycles. The maximum Gasteiger partial charge on any atom is 0.417 e. The Bertz CT molecular complexity index is 1050. The number of halogens is 3. The monoisotopic (exact) mass is 368 g/mol. The van der Waals surface area contributed by atoms with Crippen molar-refractivity contribution in [3.05, 3.63) is 93.8 Å². The van der Waals surface area contributed by atoms with Crippen LogP contribution in [-0.2, 0) is 6.18 Å². The molecule has 1 unspecified atom stereocenters. The number of nitriles is 1. The van der Waals surface area contributed by atoms with Gasteiger partial charge in [0.25, 0.3) is 5.56 Å². The van der Waals surface area contributed by atoms with E-state index in [1.165, 1.54) is 10.6 Å². The summed E-state index contributed by atoms with van der Waals surface area (Å²) in [4.78, 5) is 12.9. The van der Waals surface area contributed by atoms with E-state index < -0.39 is 28.9 Å². The van der Waals surface area contributed by atoms with Crippen LogP contribution in [0.25, 0.3) is 11.3 Å². The predicted molar refractivity (Wildman–Crippen MR) is 96.1 cm³/mol. The topological polar surface area (TPSA) is 45.8 Å². The summed E-state index contributed by atoms with van der Waals surface area (Å²) >= 11 is 0. The van der Waals surface area contributed by atoms with Gasteiger partial charge in [0.15, 0.2) is 0 Å². The lowest BCUT2D eigenvalue weighted by molar-refractivity contribution is -0.137. The molecule has 0 radical (unpaired) electrons. The summed E-state index contributed by atoms with van der Waals surface area (Å²) in [5, 5.41) is 9.24. The largest absolute Gasteiger partial charge is 0.417 e. The minimum atomic E-state index is -4.80. The highest BCUT2D eigenvalue weighted by Gasteiger charge is 2.37. The lowest BCUT2D eigenvalue weighted by atomic mass is 10.0. The Morgan fingerprint density at radius 2 is 1.56 bits per heavy atom. The van der Waals surface area contributed by atoms with Crippen molar-refractivity contribution < 1.29 is 13.2 Å². The van der Waals surface area contributed by atoms with Crippen molar-refractivity contribution in [3.8, 4) is 17.3 Å². The van der Waals surface area contributed by atoms with E-state index >= 15 is 0 Å². The Labute approximate surface area is 153 Å². The number of benzene rings is 2. The molecule has 3 aromatic rings. The SMILES string of the molecule is CC(c1ccccc1)n1c(-c2ccccc2)cc(C(F)(F)F)c(C#N)c1=O. The van der Waals surface area contributed by atoms with Crippen molar-refractivity contribution in [1.82, 2.24) is 4.57 Å². The summed E-state index contributed by atoms with van der Waals surface area (Å²) < 4.78 is 41.7. The molecular formula is C21H15F3N2O. The van der Waals surface area contributed by atoms with Crippen molar-refractivity contribution >= 4 is 0 Å². The molecule has 0 fully saturated rings.